The number of thiazole rings is 1. The second-order valence-corrected chi connectivity index (χ2v) is 7.73. The fourth-order valence-corrected chi connectivity index (χ4v) is 4.28. The van der Waals surface area contributed by atoms with Crippen molar-refractivity contribution in [3.8, 4) is 0 Å². The van der Waals surface area contributed by atoms with Gasteiger partial charge in [-0.1, -0.05) is 0 Å². The van der Waals surface area contributed by atoms with Crippen molar-refractivity contribution < 1.29 is 22.2 Å². The average Bonchev–Trinajstić information content (AvgIpc) is 3.20. The third-order valence-electron chi connectivity index (χ3n) is 3.96. The van der Waals surface area contributed by atoms with E-state index in [1.54, 1.807) is 11.6 Å². The monoisotopic (exact) mass is 424 g/mol. The smallest absolute Gasteiger partial charge is 0.255 e. The number of hydrogen-bond acceptors (Lipinski definition) is 5. The predicted molar refractivity (Wildman–Crippen MR) is 98.7 cm³/mol. The van der Waals surface area contributed by atoms with Gasteiger partial charge < -0.3 is 10.6 Å². The van der Waals surface area contributed by atoms with E-state index in [1.165, 1.54) is 23.5 Å². The molecule has 3 N–H and O–H groups in total. The predicted octanol–water partition coefficient (Wildman–Crippen LogP) is 3.55. The Bertz CT molecular complexity index is 1070. The molecular formula is C17H11F3N4O2S2. The maximum absolute atomic E-state index is 13.3. The van der Waals surface area contributed by atoms with Gasteiger partial charge in [0, 0.05) is 28.8 Å². The first kappa shape index (κ1) is 18.6. The van der Waals surface area contributed by atoms with E-state index in [9.17, 15) is 22.2 Å². The Balaban J connectivity index is 1.57. The van der Waals surface area contributed by atoms with Crippen molar-refractivity contribution in [1.29, 1.82) is 0 Å². The number of benzene rings is 2. The molecule has 1 amide bonds. The summed E-state index contributed by atoms with van der Waals surface area (Å²) in [6, 6.07) is 5.80. The number of halogens is 3. The highest BCUT2D eigenvalue weighted by molar-refractivity contribution is 7.83. The number of nitrogens with zero attached hydrogens (tertiary/aromatic N) is 1. The Hall–Kier alpha value is -2.76. The van der Waals surface area contributed by atoms with Crippen molar-refractivity contribution in [3.05, 3.63) is 69.9 Å². The van der Waals surface area contributed by atoms with Crippen LogP contribution < -0.4 is 15.4 Å². The molecule has 2 heterocycles. The molecule has 3 aromatic rings. The minimum Gasteiger partial charge on any atom is -0.363 e. The second kappa shape index (κ2) is 7.34. The van der Waals surface area contributed by atoms with Gasteiger partial charge in [-0.25, -0.2) is 27.1 Å². The van der Waals surface area contributed by atoms with Crippen LogP contribution in [-0.4, -0.2) is 15.1 Å². The van der Waals surface area contributed by atoms with Crippen LogP contribution in [0.15, 0.2) is 46.1 Å². The van der Waals surface area contributed by atoms with Crippen molar-refractivity contribution in [2.45, 2.75) is 11.1 Å². The Labute approximate surface area is 163 Å². The number of nitrogens with one attached hydrogen (secondary N) is 3. The SMILES string of the molecule is O=C(Nc1cc(F)c(F)c(F)c1)c1ccc2c(c1)S(=O)NC(c1cscn1)N2. The zero-order valence-electron chi connectivity index (χ0n) is 13.8. The number of fused-ring (bicyclic) bond motifs is 1. The van der Waals surface area contributed by atoms with Gasteiger partial charge in [0.1, 0.15) is 17.2 Å². The van der Waals surface area contributed by atoms with E-state index >= 15 is 0 Å². The molecule has 6 nitrogen and oxygen atoms in total. The van der Waals surface area contributed by atoms with Crippen LogP contribution in [0.4, 0.5) is 24.5 Å². The molecule has 2 atom stereocenters. The largest absolute Gasteiger partial charge is 0.363 e. The van der Waals surface area contributed by atoms with E-state index in [0.717, 1.165) is 0 Å². The Morgan fingerprint density at radius 1 is 1.18 bits per heavy atom. The molecule has 4 rings (SSSR count). The van der Waals surface area contributed by atoms with Crippen molar-refractivity contribution >= 4 is 39.6 Å². The number of anilines is 2. The number of hydrogen-bond donors (Lipinski definition) is 3. The minimum absolute atomic E-state index is 0.118. The number of carbonyl (C=O) groups excluding carboxylic acids is 1. The molecule has 1 aliphatic rings. The molecule has 0 saturated carbocycles. The van der Waals surface area contributed by atoms with Crippen LogP contribution in [0.1, 0.15) is 22.2 Å². The highest BCUT2D eigenvalue weighted by atomic mass is 32.2. The lowest BCUT2D eigenvalue weighted by Gasteiger charge is -2.26. The molecule has 2 aromatic carbocycles. The molecule has 0 fully saturated rings. The molecule has 1 aromatic heterocycles. The summed E-state index contributed by atoms with van der Waals surface area (Å²) in [6.07, 6.45) is -0.440. The van der Waals surface area contributed by atoms with Gasteiger partial charge in [0.15, 0.2) is 17.5 Å². The van der Waals surface area contributed by atoms with Gasteiger partial charge in [0.05, 0.1) is 21.8 Å². The standard InChI is InChI=1S/C17H11F3N4O2S2/c18-10-4-9(5-11(19)15(10)20)22-17(25)8-1-2-12-14(3-8)28(26)24-16(23-12)13-6-27-7-21-13/h1-7,16,23-24H,(H,22,25). The average molecular weight is 424 g/mol. The molecule has 2 unspecified atom stereocenters. The third kappa shape index (κ3) is 3.51. The summed E-state index contributed by atoms with van der Waals surface area (Å²) in [7, 11) is -1.61. The molecule has 0 radical (unpaired) electrons. The third-order valence-corrected chi connectivity index (χ3v) is 5.75. The fraction of sp³-hybridized carbons (Fsp3) is 0.0588. The van der Waals surface area contributed by atoms with Crippen molar-refractivity contribution in [2.75, 3.05) is 10.6 Å². The second-order valence-electron chi connectivity index (χ2n) is 5.80. The van der Waals surface area contributed by atoms with Gasteiger partial charge in [-0.15, -0.1) is 11.3 Å². The lowest BCUT2D eigenvalue weighted by Crippen LogP contribution is -2.35. The first-order valence-corrected chi connectivity index (χ1v) is 9.94. The van der Waals surface area contributed by atoms with E-state index in [-0.39, 0.29) is 11.3 Å². The summed E-state index contributed by atoms with van der Waals surface area (Å²) in [5.41, 5.74) is 2.79. The van der Waals surface area contributed by atoms with Crippen LogP contribution in [0.3, 0.4) is 0 Å². The van der Waals surface area contributed by atoms with Crippen LogP contribution in [0, 0.1) is 17.5 Å². The fourth-order valence-electron chi connectivity index (χ4n) is 2.62. The van der Waals surface area contributed by atoms with E-state index in [1.807, 2.05) is 5.38 Å². The van der Waals surface area contributed by atoms with Gasteiger partial charge in [-0.05, 0) is 18.2 Å². The highest BCUT2D eigenvalue weighted by Gasteiger charge is 2.26. The molecule has 1 aliphatic heterocycles. The number of aromatic nitrogens is 1. The number of carbonyl (C=O) groups is 1. The summed E-state index contributed by atoms with van der Waals surface area (Å²) in [6.45, 7) is 0. The topological polar surface area (TPSA) is 83.1 Å². The molecule has 28 heavy (non-hydrogen) atoms. The van der Waals surface area contributed by atoms with E-state index in [2.05, 4.69) is 20.3 Å². The van der Waals surface area contributed by atoms with Crippen LogP contribution in [0.2, 0.25) is 0 Å². The molecule has 0 saturated heterocycles. The number of rotatable bonds is 3. The summed E-state index contributed by atoms with van der Waals surface area (Å²) >= 11 is 1.41. The van der Waals surface area contributed by atoms with Crippen molar-refractivity contribution in [1.82, 2.24) is 9.71 Å². The summed E-state index contributed by atoms with van der Waals surface area (Å²) in [5.74, 6) is -5.13. The van der Waals surface area contributed by atoms with E-state index in [0.29, 0.717) is 28.4 Å². The van der Waals surface area contributed by atoms with Gasteiger partial charge in [0.2, 0.25) is 0 Å². The maximum atomic E-state index is 13.3. The zero-order valence-corrected chi connectivity index (χ0v) is 15.5. The Morgan fingerprint density at radius 3 is 2.61 bits per heavy atom. The lowest BCUT2D eigenvalue weighted by molar-refractivity contribution is 0.102. The summed E-state index contributed by atoms with van der Waals surface area (Å²) in [4.78, 5) is 16.9. The lowest BCUT2D eigenvalue weighted by atomic mass is 10.1. The van der Waals surface area contributed by atoms with Crippen LogP contribution in [-0.2, 0) is 11.0 Å². The van der Waals surface area contributed by atoms with Crippen molar-refractivity contribution in [3.63, 3.8) is 0 Å². The van der Waals surface area contributed by atoms with Gasteiger partial charge in [-0.2, -0.15) is 0 Å². The van der Waals surface area contributed by atoms with Crippen LogP contribution >= 0.6 is 11.3 Å². The summed E-state index contributed by atoms with van der Waals surface area (Å²) < 4.78 is 55.0. The Kier molecular flexibility index (Phi) is 4.87. The molecule has 0 spiro atoms. The first-order valence-electron chi connectivity index (χ1n) is 7.85. The van der Waals surface area contributed by atoms with Gasteiger partial charge in [0.25, 0.3) is 5.91 Å². The normalized spacial score (nSPS) is 18.2. The summed E-state index contributed by atoms with van der Waals surface area (Å²) in [5, 5.41) is 7.24. The molecule has 144 valence electrons. The van der Waals surface area contributed by atoms with Gasteiger partial charge in [-0.3, -0.25) is 4.79 Å². The van der Waals surface area contributed by atoms with Crippen LogP contribution in [0.5, 0.6) is 0 Å². The Morgan fingerprint density at radius 2 is 1.93 bits per heavy atom. The molecule has 0 aliphatic carbocycles. The number of amides is 1. The van der Waals surface area contributed by atoms with Crippen LogP contribution in [0.25, 0.3) is 0 Å². The molecular weight excluding hydrogens is 413 g/mol. The molecule has 11 heteroatoms. The van der Waals surface area contributed by atoms with E-state index < -0.39 is 40.5 Å². The quantitative estimate of drug-likeness (QED) is 0.562. The zero-order chi connectivity index (χ0) is 19.8. The minimum atomic E-state index is -1.62. The first-order chi connectivity index (χ1) is 13.4. The maximum Gasteiger partial charge on any atom is 0.255 e. The van der Waals surface area contributed by atoms with Crippen molar-refractivity contribution in [2.24, 2.45) is 0 Å². The van der Waals surface area contributed by atoms with Gasteiger partial charge >= 0.3 is 0 Å². The van der Waals surface area contributed by atoms with E-state index in [4.69, 9.17) is 0 Å². The molecule has 0 bridgehead atoms. The highest BCUT2D eigenvalue weighted by Crippen LogP contribution is 2.30.